The molecular formula is C11H19N3S. The molecular weight excluding hydrogens is 206 g/mol. The van der Waals surface area contributed by atoms with Crippen molar-refractivity contribution in [1.82, 2.24) is 10.3 Å². The zero-order valence-electron chi connectivity index (χ0n) is 9.71. The van der Waals surface area contributed by atoms with E-state index in [-0.39, 0.29) is 0 Å². The smallest absolute Gasteiger partial charge is 0.185 e. The number of aromatic nitrogens is 1. The van der Waals surface area contributed by atoms with Crippen LogP contribution >= 0.6 is 11.3 Å². The van der Waals surface area contributed by atoms with Crippen LogP contribution in [-0.4, -0.2) is 25.1 Å². The van der Waals surface area contributed by atoms with Gasteiger partial charge in [-0.3, -0.25) is 0 Å². The van der Waals surface area contributed by atoms with E-state index in [9.17, 15) is 0 Å². The molecule has 1 aromatic heterocycles. The van der Waals surface area contributed by atoms with Crippen LogP contribution in [0.25, 0.3) is 0 Å². The molecule has 15 heavy (non-hydrogen) atoms. The quantitative estimate of drug-likeness (QED) is 0.854. The first-order valence-electron chi connectivity index (χ1n) is 5.45. The molecule has 0 spiro atoms. The van der Waals surface area contributed by atoms with Gasteiger partial charge in [-0.15, -0.1) is 11.3 Å². The first-order valence-corrected chi connectivity index (χ1v) is 6.27. The minimum atomic E-state index is 0.453. The van der Waals surface area contributed by atoms with Crippen LogP contribution in [0.5, 0.6) is 0 Å². The molecule has 84 valence electrons. The second-order valence-corrected chi connectivity index (χ2v) is 6.07. The maximum absolute atomic E-state index is 4.49. The van der Waals surface area contributed by atoms with E-state index >= 15 is 0 Å². The van der Waals surface area contributed by atoms with E-state index in [0.717, 1.165) is 19.6 Å². The van der Waals surface area contributed by atoms with Crippen molar-refractivity contribution in [1.29, 1.82) is 0 Å². The Bertz CT molecular complexity index is 332. The molecule has 1 aromatic rings. The summed E-state index contributed by atoms with van der Waals surface area (Å²) < 4.78 is 0. The molecule has 2 heterocycles. The fourth-order valence-corrected chi connectivity index (χ4v) is 2.92. The van der Waals surface area contributed by atoms with Crippen molar-refractivity contribution in [2.45, 2.75) is 26.8 Å². The Balaban J connectivity index is 2.04. The topological polar surface area (TPSA) is 28.2 Å². The average Bonchev–Trinajstić information content (AvgIpc) is 2.73. The zero-order valence-corrected chi connectivity index (χ0v) is 10.5. The highest BCUT2D eigenvalue weighted by atomic mass is 32.1. The van der Waals surface area contributed by atoms with Gasteiger partial charge in [-0.05, 0) is 18.9 Å². The van der Waals surface area contributed by atoms with Crippen molar-refractivity contribution in [2.75, 3.05) is 25.0 Å². The number of rotatable bonds is 3. The first-order chi connectivity index (χ1) is 7.11. The third kappa shape index (κ3) is 2.49. The molecule has 1 N–H and O–H groups in total. The molecule has 0 aliphatic carbocycles. The lowest BCUT2D eigenvalue weighted by Gasteiger charge is -2.18. The van der Waals surface area contributed by atoms with Crippen LogP contribution in [0.4, 0.5) is 5.13 Å². The Morgan fingerprint density at radius 1 is 1.60 bits per heavy atom. The normalized spacial score (nSPS) is 19.8. The van der Waals surface area contributed by atoms with Crippen molar-refractivity contribution >= 4 is 16.5 Å². The Labute approximate surface area is 95.5 Å². The molecule has 1 aliphatic heterocycles. The van der Waals surface area contributed by atoms with Crippen molar-refractivity contribution in [3.05, 3.63) is 11.1 Å². The van der Waals surface area contributed by atoms with Gasteiger partial charge in [0.1, 0.15) is 0 Å². The summed E-state index contributed by atoms with van der Waals surface area (Å²) in [5.41, 5.74) is 0.453. The zero-order chi connectivity index (χ0) is 10.9. The fraction of sp³-hybridized carbons (Fsp3) is 0.727. The minimum Gasteiger partial charge on any atom is -0.348 e. The highest BCUT2D eigenvalue weighted by Crippen LogP contribution is 2.34. The van der Waals surface area contributed by atoms with Gasteiger partial charge >= 0.3 is 0 Å². The van der Waals surface area contributed by atoms with Crippen LogP contribution in [0.3, 0.4) is 0 Å². The molecule has 1 saturated heterocycles. The predicted octanol–water partition coefficient (Wildman–Crippen LogP) is 2.10. The molecule has 0 bridgehead atoms. The van der Waals surface area contributed by atoms with E-state index in [2.05, 4.69) is 29.0 Å². The summed E-state index contributed by atoms with van der Waals surface area (Å²) in [7, 11) is 1.97. The van der Waals surface area contributed by atoms with Gasteiger partial charge in [-0.2, -0.15) is 0 Å². The maximum atomic E-state index is 4.49. The predicted molar refractivity (Wildman–Crippen MR) is 65.5 cm³/mol. The van der Waals surface area contributed by atoms with Gasteiger partial charge in [0.2, 0.25) is 0 Å². The van der Waals surface area contributed by atoms with Gasteiger partial charge in [-0.1, -0.05) is 13.8 Å². The summed E-state index contributed by atoms with van der Waals surface area (Å²) in [6, 6.07) is 0. The Morgan fingerprint density at radius 2 is 2.40 bits per heavy atom. The number of anilines is 1. The monoisotopic (exact) mass is 225 g/mol. The van der Waals surface area contributed by atoms with Crippen LogP contribution in [-0.2, 0) is 6.54 Å². The highest BCUT2D eigenvalue weighted by Gasteiger charge is 2.30. The van der Waals surface area contributed by atoms with Crippen LogP contribution in [0.2, 0.25) is 0 Å². The largest absolute Gasteiger partial charge is 0.348 e. The van der Waals surface area contributed by atoms with Crippen molar-refractivity contribution < 1.29 is 0 Å². The molecule has 0 amide bonds. The van der Waals surface area contributed by atoms with Crippen LogP contribution in [0.1, 0.15) is 25.1 Å². The van der Waals surface area contributed by atoms with Crippen molar-refractivity contribution in [2.24, 2.45) is 5.41 Å². The minimum absolute atomic E-state index is 0.453. The highest BCUT2D eigenvalue weighted by molar-refractivity contribution is 7.15. The summed E-state index contributed by atoms with van der Waals surface area (Å²) in [6.45, 7) is 7.87. The number of hydrogen-bond acceptors (Lipinski definition) is 4. The molecule has 0 aromatic carbocycles. The van der Waals surface area contributed by atoms with Crippen LogP contribution in [0, 0.1) is 5.41 Å². The number of thiazole rings is 1. The lowest BCUT2D eigenvalue weighted by atomic mass is 9.93. The van der Waals surface area contributed by atoms with Gasteiger partial charge in [-0.25, -0.2) is 4.98 Å². The summed E-state index contributed by atoms with van der Waals surface area (Å²) in [5, 5.41) is 4.34. The van der Waals surface area contributed by atoms with Crippen molar-refractivity contribution in [3.63, 3.8) is 0 Å². The first kappa shape index (κ1) is 10.9. The fourth-order valence-electron chi connectivity index (χ4n) is 1.98. The van der Waals surface area contributed by atoms with E-state index < -0.39 is 0 Å². The molecule has 0 radical (unpaired) electrons. The Kier molecular flexibility index (Phi) is 2.98. The van der Waals surface area contributed by atoms with E-state index in [1.165, 1.54) is 16.4 Å². The van der Waals surface area contributed by atoms with E-state index in [0.29, 0.717) is 5.41 Å². The maximum Gasteiger partial charge on any atom is 0.185 e. The lowest BCUT2D eigenvalue weighted by molar-refractivity contribution is 0.418. The van der Waals surface area contributed by atoms with Gasteiger partial charge in [0, 0.05) is 30.7 Å². The molecule has 1 aliphatic rings. The Hall–Kier alpha value is -0.610. The molecule has 2 rings (SSSR count). The molecule has 1 fully saturated rings. The molecule has 0 atom stereocenters. The van der Waals surface area contributed by atoms with E-state index in [4.69, 9.17) is 0 Å². The lowest BCUT2D eigenvalue weighted by Crippen LogP contribution is -2.22. The number of hydrogen-bond donors (Lipinski definition) is 1. The van der Waals surface area contributed by atoms with Crippen LogP contribution in [0.15, 0.2) is 6.20 Å². The number of nitrogens with one attached hydrogen (secondary N) is 1. The third-order valence-electron chi connectivity index (χ3n) is 2.84. The van der Waals surface area contributed by atoms with Gasteiger partial charge in [0.25, 0.3) is 0 Å². The van der Waals surface area contributed by atoms with Crippen molar-refractivity contribution in [3.8, 4) is 0 Å². The van der Waals surface area contributed by atoms with Crippen LogP contribution < -0.4 is 10.2 Å². The molecule has 3 nitrogen and oxygen atoms in total. The SMILES string of the molecule is CNCc1cnc(N2CCC(C)(C)C2)s1. The summed E-state index contributed by atoms with van der Waals surface area (Å²) in [4.78, 5) is 8.21. The second kappa shape index (κ2) is 4.10. The summed E-state index contributed by atoms with van der Waals surface area (Å²) >= 11 is 1.81. The van der Waals surface area contributed by atoms with Gasteiger partial charge in [0.05, 0.1) is 0 Å². The molecule has 4 heteroatoms. The third-order valence-corrected chi connectivity index (χ3v) is 3.90. The second-order valence-electron chi connectivity index (χ2n) is 4.98. The van der Waals surface area contributed by atoms with E-state index in [1.54, 1.807) is 0 Å². The number of nitrogens with zero attached hydrogens (tertiary/aromatic N) is 2. The summed E-state index contributed by atoms with van der Waals surface area (Å²) in [5.74, 6) is 0. The van der Waals surface area contributed by atoms with E-state index in [1.807, 2.05) is 24.6 Å². The summed E-state index contributed by atoms with van der Waals surface area (Å²) in [6.07, 6.45) is 3.26. The average molecular weight is 225 g/mol. The standard InChI is InChI=1S/C11H19N3S/c1-11(2)4-5-14(8-11)10-13-7-9(15-10)6-12-3/h7,12H,4-6,8H2,1-3H3. The Morgan fingerprint density at radius 3 is 3.00 bits per heavy atom. The van der Waals surface area contributed by atoms with Gasteiger partial charge < -0.3 is 10.2 Å². The molecule has 0 saturated carbocycles. The molecule has 0 unspecified atom stereocenters. The van der Waals surface area contributed by atoms with Gasteiger partial charge in [0.15, 0.2) is 5.13 Å².